The summed E-state index contributed by atoms with van der Waals surface area (Å²) in [7, 11) is 0. The van der Waals surface area contributed by atoms with Crippen molar-refractivity contribution in [3.63, 3.8) is 0 Å². The van der Waals surface area contributed by atoms with E-state index in [4.69, 9.17) is 10.5 Å². The Morgan fingerprint density at radius 3 is 2.57 bits per heavy atom. The maximum atomic E-state index is 10.5. The summed E-state index contributed by atoms with van der Waals surface area (Å²) in [4.78, 5) is 10.5. The second kappa shape index (κ2) is 5.40. The van der Waals surface area contributed by atoms with Crippen LogP contribution < -0.4 is 5.73 Å². The van der Waals surface area contributed by atoms with Gasteiger partial charge in [-0.25, -0.2) is 0 Å². The predicted octanol–water partition coefficient (Wildman–Crippen LogP) is 1.25. The lowest BCUT2D eigenvalue weighted by molar-refractivity contribution is -0.140. The molecule has 1 rings (SSSR count). The Labute approximate surface area is 83.9 Å². The van der Waals surface area contributed by atoms with Crippen molar-refractivity contribution in [3.8, 4) is 0 Å². The zero-order valence-electron chi connectivity index (χ0n) is 8.32. The normalized spacial score (nSPS) is 9.86. The lowest BCUT2D eigenvalue weighted by atomic mass is 10.1. The Bertz CT molecular complexity index is 310. The van der Waals surface area contributed by atoms with Crippen LogP contribution in [0.4, 0.5) is 0 Å². The average Bonchev–Trinajstić information content (AvgIpc) is 2.18. The SMILES string of the molecule is CC(=O)OCCc1ccccc1CN. The molecule has 0 aliphatic rings. The van der Waals surface area contributed by atoms with Crippen LogP contribution in [0.15, 0.2) is 24.3 Å². The molecule has 3 heteroatoms. The summed E-state index contributed by atoms with van der Waals surface area (Å²) >= 11 is 0. The highest BCUT2D eigenvalue weighted by atomic mass is 16.5. The van der Waals surface area contributed by atoms with E-state index in [1.807, 2.05) is 24.3 Å². The van der Waals surface area contributed by atoms with Gasteiger partial charge in [-0.3, -0.25) is 4.79 Å². The predicted molar refractivity (Wildman–Crippen MR) is 54.7 cm³/mol. The molecule has 0 heterocycles. The minimum Gasteiger partial charge on any atom is -0.466 e. The zero-order valence-corrected chi connectivity index (χ0v) is 8.32. The van der Waals surface area contributed by atoms with Gasteiger partial charge in [-0.2, -0.15) is 0 Å². The Kier molecular flexibility index (Phi) is 4.13. The first-order chi connectivity index (χ1) is 6.74. The van der Waals surface area contributed by atoms with Gasteiger partial charge in [0.2, 0.25) is 0 Å². The molecule has 0 aliphatic carbocycles. The molecule has 0 fully saturated rings. The number of carbonyl (C=O) groups is 1. The molecule has 0 atom stereocenters. The van der Waals surface area contributed by atoms with Gasteiger partial charge in [0, 0.05) is 19.9 Å². The quantitative estimate of drug-likeness (QED) is 0.732. The van der Waals surface area contributed by atoms with E-state index >= 15 is 0 Å². The number of nitrogens with two attached hydrogens (primary N) is 1. The fourth-order valence-electron chi connectivity index (χ4n) is 1.31. The third-order valence-corrected chi connectivity index (χ3v) is 2.02. The molecule has 0 saturated heterocycles. The molecule has 0 radical (unpaired) electrons. The molecule has 0 unspecified atom stereocenters. The number of benzene rings is 1. The van der Waals surface area contributed by atoms with Crippen LogP contribution in [-0.2, 0) is 22.5 Å². The average molecular weight is 193 g/mol. The summed E-state index contributed by atoms with van der Waals surface area (Å²) in [5.74, 6) is -0.241. The summed E-state index contributed by atoms with van der Waals surface area (Å²) < 4.78 is 4.87. The molecule has 0 aliphatic heterocycles. The zero-order chi connectivity index (χ0) is 10.4. The minimum absolute atomic E-state index is 0.241. The fourth-order valence-corrected chi connectivity index (χ4v) is 1.31. The summed E-state index contributed by atoms with van der Waals surface area (Å²) in [6.45, 7) is 2.36. The van der Waals surface area contributed by atoms with Crippen molar-refractivity contribution in [1.82, 2.24) is 0 Å². The second-order valence-corrected chi connectivity index (χ2v) is 3.06. The van der Waals surface area contributed by atoms with Crippen molar-refractivity contribution < 1.29 is 9.53 Å². The van der Waals surface area contributed by atoms with Crippen molar-refractivity contribution in [2.45, 2.75) is 19.9 Å². The van der Waals surface area contributed by atoms with E-state index in [2.05, 4.69) is 0 Å². The second-order valence-electron chi connectivity index (χ2n) is 3.06. The van der Waals surface area contributed by atoms with Gasteiger partial charge in [-0.15, -0.1) is 0 Å². The molecule has 0 spiro atoms. The third-order valence-electron chi connectivity index (χ3n) is 2.02. The molecule has 1 aromatic carbocycles. The molecule has 76 valence electrons. The number of esters is 1. The molecule has 3 nitrogen and oxygen atoms in total. The van der Waals surface area contributed by atoms with Crippen molar-refractivity contribution in [2.24, 2.45) is 5.73 Å². The van der Waals surface area contributed by atoms with E-state index in [0.717, 1.165) is 17.5 Å². The molecule has 0 saturated carbocycles. The summed E-state index contributed by atoms with van der Waals surface area (Å²) in [6, 6.07) is 7.91. The first-order valence-electron chi connectivity index (χ1n) is 4.64. The highest BCUT2D eigenvalue weighted by molar-refractivity contribution is 5.65. The molecule has 14 heavy (non-hydrogen) atoms. The van der Waals surface area contributed by atoms with Crippen LogP contribution in [0.3, 0.4) is 0 Å². The van der Waals surface area contributed by atoms with E-state index in [-0.39, 0.29) is 5.97 Å². The number of hydrogen-bond acceptors (Lipinski definition) is 3. The van der Waals surface area contributed by atoms with Crippen LogP contribution in [0.1, 0.15) is 18.1 Å². The van der Waals surface area contributed by atoms with Gasteiger partial charge in [0.15, 0.2) is 0 Å². The molecule has 0 amide bonds. The summed E-state index contributed by atoms with van der Waals surface area (Å²) in [6.07, 6.45) is 0.729. The lowest BCUT2D eigenvalue weighted by Crippen LogP contribution is -2.07. The van der Waals surface area contributed by atoms with Gasteiger partial charge in [0.1, 0.15) is 0 Å². The van der Waals surface area contributed by atoms with Crippen LogP contribution in [0.5, 0.6) is 0 Å². The van der Waals surface area contributed by atoms with E-state index in [1.165, 1.54) is 6.92 Å². The third kappa shape index (κ3) is 3.18. The molecular formula is C11H15NO2. The van der Waals surface area contributed by atoms with E-state index in [9.17, 15) is 4.79 Å². The van der Waals surface area contributed by atoms with Gasteiger partial charge in [0.05, 0.1) is 6.61 Å². The first kappa shape index (κ1) is 10.7. The highest BCUT2D eigenvalue weighted by Crippen LogP contribution is 2.08. The lowest BCUT2D eigenvalue weighted by Gasteiger charge is -2.06. The van der Waals surface area contributed by atoms with E-state index in [0.29, 0.717) is 13.2 Å². The first-order valence-corrected chi connectivity index (χ1v) is 4.64. The summed E-state index contributed by atoms with van der Waals surface area (Å²) in [5.41, 5.74) is 7.83. The van der Waals surface area contributed by atoms with Crippen molar-refractivity contribution >= 4 is 5.97 Å². The van der Waals surface area contributed by atoms with Crippen LogP contribution in [0, 0.1) is 0 Å². The van der Waals surface area contributed by atoms with Gasteiger partial charge >= 0.3 is 5.97 Å². The van der Waals surface area contributed by atoms with Crippen LogP contribution in [-0.4, -0.2) is 12.6 Å². The maximum absolute atomic E-state index is 10.5. The monoisotopic (exact) mass is 193 g/mol. The van der Waals surface area contributed by atoms with Crippen molar-refractivity contribution in [1.29, 1.82) is 0 Å². The number of carbonyl (C=O) groups excluding carboxylic acids is 1. The van der Waals surface area contributed by atoms with E-state index in [1.54, 1.807) is 0 Å². The van der Waals surface area contributed by atoms with Gasteiger partial charge < -0.3 is 10.5 Å². The Morgan fingerprint density at radius 1 is 1.36 bits per heavy atom. The minimum atomic E-state index is -0.241. The van der Waals surface area contributed by atoms with Crippen molar-refractivity contribution in [2.75, 3.05) is 6.61 Å². The smallest absolute Gasteiger partial charge is 0.302 e. The number of rotatable bonds is 4. The number of ether oxygens (including phenoxy) is 1. The molecule has 1 aromatic rings. The molecule has 0 aromatic heterocycles. The summed E-state index contributed by atoms with van der Waals surface area (Å²) in [5, 5.41) is 0. The van der Waals surface area contributed by atoms with Crippen LogP contribution >= 0.6 is 0 Å². The highest BCUT2D eigenvalue weighted by Gasteiger charge is 2.00. The van der Waals surface area contributed by atoms with Crippen LogP contribution in [0.25, 0.3) is 0 Å². The number of hydrogen-bond donors (Lipinski definition) is 1. The van der Waals surface area contributed by atoms with Crippen LogP contribution in [0.2, 0.25) is 0 Å². The Hall–Kier alpha value is -1.35. The van der Waals surface area contributed by atoms with Gasteiger partial charge in [-0.1, -0.05) is 24.3 Å². The standard InChI is InChI=1S/C11H15NO2/c1-9(13)14-7-6-10-4-2-3-5-11(10)8-12/h2-5H,6-8,12H2,1H3. The van der Waals surface area contributed by atoms with Gasteiger partial charge in [-0.05, 0) is 11.1 Å². The van der Waals surface area contributed by atoms with E-state index < -0.39 is 0 Å². The topological polar surface area (TPSA) is 52.3 Å². The Balaban J connectivity index is 2.53. The molecular weight excluding hydrogens is 178 g/mol. The largest absolute Gasteiger partial charge is 0.466 e. The Morgan fingerprint density at radius 2 is 2.00 bits per heavy atom. The molecule has 2 N–H and O–H groups in total. The maximum Gasteiger partial charge on any atom is 0.302 e. The van der Waals surface area contributed by atoms with Gasteiger partial charge in [0.25, 0.3) is 0 Å². The molecule has 0 bridgehead atoms. The van der Waals surface area contributed by atoms with Crippen molar-refractivity contribution in [3.05, 3.63) is 35.4 Å². The fraction of sp³-hybridized carbons (Fsp3) is 0.364.